The largest absolute Gasteiger partial charge is 0.314 e. The molecule has 1 N–H and O–H groups in total. The molecule has 0 radical (unpaired) electrons. The van der Waals surface area contributed by atoms with Crippen molar-refractivity contribution in [3.8, 4) is 0 Å². The van der Waals surface area contributed by atoms with Gasteiger partial charge in [0.05, 0.1) is 6.04 Å². The molecule has 1 aromatic heterocycles. The number of aryl methyl sites for hydroxylation is 1. The minimum absolute atomic E-state index is 0.320. The highest BCUT2D eigenvalue weighted by Gasteiger charge is 2.31. The minimum Gasteiger partial charge on any atom is -0.314 e. The second kappa shape index (κ2) is 5.71. The van der Waals surface area contributed by atoms with Crippen LogP contribution in [0.4, 0.5) is 0 Å². The maximum Gasteiger partial charge on any atom is 0.149 e. The Morgan fingerprint density at radius 2 is 1.86 bits per heavy atom. The summed E-state index contributed by atoms with van der Waals surface area (Å²) >= 11 is 0. The first kappa shape index (κ1) is 15.0. The molecule has 1 aliphatic heterocycles. The zero-order chi connectivity index (χ0) is 15.0. The highest BCUT2D eigenvalue weighted by molar-refractivity contribution is 5.04. The fourth-order valence-electron chi connectivity index (χ4n) is 4.05. The van der Waals surface area contributed by atoms with E-state index in [2.05, 4.69) is 47.8 Å². The predicted molar refractivity (Wildman–Crippen MR) is 85.1 cm³/mol. The van der Waals surface area contributed by atoms with E-state index >= 15 is 0 Å². The van der Waals surface area contributed by atoms with E-state index in [4.69, 9.17) is 0 Å². The maximum atomic E-state index is 4.41. The molecule has 2 heterocycles. The Hall–Kier alpha value is -0.900. The number of nitrogens with zero attached hydrogens (tertiary/aromatic N) is 3. The normalized spacial score (nSPS) is 27.6. The summed E-state index contributed by atoms with van der Waals surface area (Å²) in [5.74, 6) is 3.19. The van der Waals surface area contributed by atoms with E-state index in [0.717, 1.165) is 24.7 Å². The highest BCUT2D eigenvalue weighted by Crippen LogP contribution is 2.38. The monoisotopic (exact) mass is 290 g/mol. The Kier molecular flexibility index (Phi) is 4.08. The van der Waals surface area contributed by atoms with Crippen LogP contribution in [0.2, 0.25) is 0 Å². The van der Waals surface area contributed by atoms with Gasteiger partial charge in [0.1, 0.15) is 11.6 Å². The molecule has 118 valence electrons. The number of hydrogen-bond acceptors (Lipinski definition) is 3. The van der Waals surface area contributed by atoms with Gasteiger partial charge in [0.15, 0.2) is 0 Å². The molecule has 4 heteroatoms. The lowest BCUT2D eigenvalue weighted by molar-refractivity contribution is 0.156. The van der Waals surface area contributed by atoms with Crippen LogP contribution >= 0.6 is 0 Å². The van der Waals surface area contributed by atoms with Gasteiger partial charge in [0, 0.05) is 19.0 Å². The lowest BCUT2D eigenvalue weighted by Crippen LogP contribution is -2.38. The number of rotatable bonds is 3. The van der Waals surface area contributed by atoms with Crippen molar-refractivity contribution in [1.29, 1.82) is 0 Å². The van der Waals surface area contributed by atoms with Crippen LogP contribution in [-0.4, -0.2) is 20.8 Å². The van der Waals surface area contributed by atoms with Crippen molar-refractivity contribution in [3.63, 3.8) is 0 Å². The van der Waals surface area contributed by atoms with E-state index < -0.39 is 0 Å². The molecule has 0 bridgehead atoms. The van der Waals surface area contributed by atoms with Gasteiger partial charge in [0.25, 0.3) is 0 Å². The molecule has 1 atom stereocenters. The zero-order valence-electron chi connectivity index (χ0n) is 14.0. The van der Waals surface area contributed by atoms with Crippen LogP contribution in [0.3, 0.4) is 0 Å². The molecule has 4 nitrogen and oxygen atoms in total. The third-order valence-electron chi connectivity index (χ3n) is 5.46. The topological polar surface area (TPSA) is 42.7 Å². The van der Waals surface area contributed by atoms with Crippen molar-refractivity contribution in [2.24, 2.45) is 11.3 Å². The smallest absolute Gasteiger partial charge is 0.149 e. The summed E-state index contributed by atoms with van der Waals surface area (Å²) in [6.45, 7) is 10.5. The first-order valence-corrected chi connectivity index (χ1v) is 8.63. The minimum atomic E-state index is 0.320. The molecule has 1 aromatic rings. The Labute approximate surface area is 128 Å². The molecule has 3 rings (SSSR count). The summed E-state index contributed by atoms with van der Waals surface area (Å²) < 4.78 is 2.32. The van der Waals surface area contributed by atoms with Gasteiger partial charge in [0.2, 0.25) is 0 Å². The third-order valence-corrected chi connectivity index (χ3v) is 5.46. The second-order valence-electron chi connectivity index (χ2n) is 8.03. The molecular formula is C17H30N4. The molecule has 0 spiro atoms. The maximum absolute atomic E-state index is 4.41. The molecule has 0 aromatic carbocycles. The molecule has 0 amide bonds. The van der Waals surface area contributed by atoms with Crippen molar-refractivity contribution in [3.05, 3.63) is 11.6 Å². The van der Waals surface area contributed by atoms with Crippen LogP contribution in [0.5, 0.6) is 0 Å². The quantitative estimate of drug-likeness (QED) is 0.926. The highest BCUT2D eigenvalue weighted by atomic mass is 15.3. The fourth-order valence-corrected chi connectivity index (χ4v) is 4.05. The summed E-state index contributed by atoms with van der Waals surface area (Å²) in [6, 6.07) is 0.966. The van der Waals surface area contributed by atoms with E-state index in [1.54, 1.807) is 0 Å². The van der Waals surface area contributed by atoms with Crippen LogP contribution in [0.25, 0.3) is 0 Å². The van der Waals surface area contributed by atoms with E-state index in [0.29, 0.717) is 17.5 Å². The lowest BCUT2D eigenvalue weighted by atomic mass is 9.71. The molecular weight excluding hydrogens is 260 g/mol. The lowest BCUT2D eigenvalue weighted by Gasteiger charge is -2.38. The summed E-state index contributed by atoms with van der Waals surface area (Å²) in [4.78, 5) is 0. The van der Waals surface area contributed by atoms with Gasteiger partial charge in [-0.3, -0.25) is 0 Å². The summed E-state index contributed by atoms with van der Waals surface area (Å²) in [7, 11) is 0. The average Bonchev–Trinajstić information content (AvgIpc) is 3.00. The molecule has 0 saturated heterocycles. The Morgan fingerprint density at radius 3 is 2.52 bits per heavy atom. The van der Waals surface area contributed by atoms with Crippen LogP contribution in [0.1, 0.15) is 77.5 Å². The first-order chi connectivity index (χ1) is 9.95. The summed E-state index contributed by atoms with van der Waals surface area (Å²) in [5.41, 5.74) is 0.463. The number of nitrogens with one attached hydrogen (secondary N) is 1. The van der Waals surface area contributed by atoms with Gasteiger partial charge in [-0.15, -0.1) is 10.2 Å². The van der Waals surface area contributed by atoms with Crippen molar-refractivity contribution in [2.45, 2.75) is 84.8 Å². The van der Waals surface area contributed by atoms with Crippen molar-refractivity contribution in [1.82, 2.24) is 20.1 Å². The van der Waals surface area contributed by atoms with E-state index in [-0.39, 0.29) is 0 Å². The van der Waals surface area contributed by atoms with Gasteiger partial charge >= 0.3 is 0 Å². The van der Waals surface area contributed by atoms with Crippen molar-refractivity contribution in [2.75, 3.05) is 0 Å². The van der Waals surface area contributed by atoms with Crippen molar-refractivity contribution >= 4 is 0 Å². The van der Waals surface area contributed by atoms with Gasteiger partial charge in [-0.25, -0.2) is 0 Å². The Balaban J connectivity index is 1.55. The first-order valence-electron chi connectivity index (χ1n) is 8.63. The predicted octanol–water partition coefficient (Wildman–Crippen LogP) is 3.48. The standard InChI is InChI=1S/C17H30N4/c1-12(16-20-19-15-6-5-11-21(15)16)18-14-9-7-13(8-10-14)17(2,3)4/h12-14,18H,5-11H2,1-4H3. The molecule has 2 aliphatic rings. The van der Waals surface area contributed by atoms with Crippen LogP contribution in [-0.2, 0) is 13.0 Å². The molecule has 1 aliphatic carbocycles. The fraction of sp³-hybridized carbons (Fsp3) is 0.882. The van der Waals surface area contributed by atoms with Crippen LogP contribution in [0.15, 0.2) is 0 Å². The molecule has 1 saturated carbocycles. The number of fused-ring (bicyclic) bond motifs is 1. The summed E-state index contributed by atoms with van der Waals surface area (Å²) in [6.07, 6.45) is 7.62. The molecule has 1 fully saturated rings. The van der Waals surface area contributed by atoms with Gasteiger partial charge in [-0.05, 0) is 50.4 Å². The van der Waals surface area contributed by atoms with Crippen molar-refractivity contribution < 1.29 is 0 Å². The molecule has 21 heavy (non-hydrogen) atoms. The number of aromatic nitrogens is 3. The second-order valence-corrected chi connectivity index (χ2v) is 8.03. The van der Waals surface area contributed by atoms with E-state index in [1.165, 1.54) is 37.9 Å². The van der Waals surface area contributed by atoms with Crippen LogP contribution in [0, 0.1) is 11.3 Å². The molecule has 1 unspecified atom stereocenters. The van der Waals surface area contributed by atoms with E-state index in [1.807, 2.05) is 0 Å². The SMILES string of the molecule is CC(NC1CCC(C(C)(C)C)CC1)c1nnc2n1CCC2. The number of hydrogen-bond donors (Lipinski definition) is 1. The summed E-state index contributed by atoms with van der Waals surface area (Å²) in [5, 5.41) is 12.5. The third kappa shape index (κ3) is 3.15. The van der Waals surface area contributed by atoms with Gasteiger partial charge < -0.3 is 9.88 Å². The van der Waals surface area contributed by atoms with Gasteiger partial charge in [-0.1, -0.05) is 20.8 Å². The van der Waals surface area contributed by atoms with Gasteiger partial charge in [-0.2, -0.15) is 0 Å². The van der Waals surface area contributed by atoms with Crippen LogP contribution < -0.4 is 5.32 Å². The Morgan fingerprint density at radius 1 is 1.14 bits per heavy atom. The zero-order valence-corrected chi connectivity index (χ0v) is 14.0. The average molecular weight is 290 g/mol. The Bertz CT molecular complexity index is 477. The van der Waals surface area contributed by atoms with E-state index in [9.17, 15) is 0 Å².